The number of nitrogens with zero attached hydrogens (tertiary/aromatic N) is 2. The van der Waals surface area contributed by atoms with Crippen molar-refractivity contribution in [2.45, 2.75) is 25.8 Å². The first kappa shape index (κ1) is 24.7. The zero-order valence-electron chi connectivity index (χ0n) is 15.7. The molecule has 0 radical (unpaired) electrons. The molecule has 0 saturated carbocycles. The van der Waals surface area contributed by atoms with E-state index in [1.165, 1.54) is 11.2 Å². The number of hydrogen-bond donors (Lipinski definition) is 2. The summed E-state index contributed by atoms with van der Waals surface area (Å²) >= 11 is 0. The molecule has 0 fully saturated rings. The Morgan fingerprint density at radius 3 is 2.62 bits per heavy atom. The third kappa shape index (κ3) is 11.3. The summed E-state index contributed by atoms with van der Waals surface area (Å²) in [6, 6.07) is 3.61. The Bertz CT molecular complexity index is 660. The summed E-state index contributed by atoms with van der Waals surface area (Å²) in [6.45, 7) is 2.47. The van der Waals surface area contributed by atoms with Gasteiger partial charge in [0.25, 0.3) is 0 Å². The molecule has 10 heteroatoms. The van der Waals surface area contributed by atoms with Gasteiger partial charge in [-0.3, -0.25) is 4.79 Å². The number of halogens is 1. The molecule has 1 amide bonds. The smallest absolute Gasteiger partial charge is 0.243 e. The average molecular weight is 500 g/mol. The van der Waals surface area contributed by atoms with E-state index in [0.717, 1.165) is 5.76 Å². The van der Waals surface area contributed by atoms with Crippen LogP contribution in [0, 0.1) is 0 Å². The number of guanidine groups is 1. The Labute approximate surface area is 172 Å². The summed E-state index contributed by atoms with van der Waals surface area (Å²) in [5.74, 6) is 1.30. The first-order chi connectivity index (χ1) is 11.7. The van der Waals surface area contributed by atoms with Gasteiger partial charge in [-0.25, -0.2) is 13.4 Å². The van der Waals surface area contributed by atoms with Crippen LogP contribution in [0.5, 0.6) is 0 Å². The number of amides is 1. The minimum atomic E-state index is -3.01. The van der Waals surface area contributed by atoms with E-state index < -0.39 is 9.84 Å². The number of rotatable bonds is 9. The second kappa shape index (κ2) is 12.2. The first-order valence-corrected chi connectivity index (χ1v) is 10.2. The van der Waals surface area contributed by atoms with Gasteiger partial charge in [-0.2, -0.15) is 0 Å². The van der Waals surface area contributed by atoms with E-state index in [1.54, 1.807) is 20.4 Å². The van der Waals surface area contributed by atoms with Crippen molar-refractivity contribution in [1.82, 2.24) is 15.5 Å². The monoisotopic (exact) mass is 500 g/mol. The van der Waals surface area contributed by atoms with Gasteiger partial charge in [0, 0.05) is 39.4 Å². The van der Waals surface area contributed by atoms with Gasteiger partial charge in [0.1, 0.15) is 22.1 Å². The lowest BCUT2D eigenvalue weighted by atomic mass is 10.2. The Hall–Kier alpha value is -1.30. The molecular formula is C16H29IN4O4S. The van der Waals surface area contributed by atoms with E-state index in [1.807, 2.05) is 19.1 Å². The van der Waals surface area contributed by atoms with Crippen molar-refractivity contribution in [2.24, 2.45) is 4.99 Å². The molecule has 1 atom stereocenters. The molecule has 0 aliphatic heterocycles. The topological polar surface area (TPSA) is 104 Å². The second-order valence-electron chi connectivity index (χ2n) is 6.17. The summed E-state index contributed by atoms with van der Waals surface area (Å²) in [4.78, 5) is 17.5. The molecule has 150 valence electrons. The minimum Gasteiger partial charge on any atom is -0.469 e. The van der Waals surface area contributed by atoms with E-state index in [2.05, 4.69) is 15.6 Å². The van der Waals surface area contributed by atoms with Gasteiger partial charge in [0.15, 0.2) is 5.96 Å². The summed E-state index contributed by atoms with van der Waals surface area (Å²) in [6.07, 6.45) is 3.96. The second-order valence-corrected chi connectivity index (χ2v) is 8.43. The number of furan rings is 1. The van der Waals surface area contributed by atoms with Gasteiger partial charge in [-0.1, -0.05) is 0 Å². The fourth-order valence-corrected chi connectivity index (χ4v) is 2.68. The average Bonchev–Trinajstić information content (AvgIpc) is 3.02. The maximum absolute atomic E-state index is 11.7. The maximum atomic E-state index is 11.7. The number of aliphatic imine (C=N–C) groups is 1. The molecule has 8 nitrogen and oxygen atoms in total. The molecule has 0 aromatic carbocycles. The van der Waals surface area contributed by atoms with Crippen molar-refractivity contribution in [2.75, 3.05) is 39.2 Å². The van der Waals surface area contributed by atoms with Crippen LogP contribution in [-0.2, 0) is 21.1 Å². The summed E-state index contributed by atoms with van der Waals surface area (Å²) < 4.78 is 27.8. The van der Waals surface area contributed by atoms with Crippen LogP contribution in [0.4, 0.5) is 0 Å². The van der Waals surface area contributed by atoms with Crippen LogP contribution in [0.15, 0.2) is 27.8 Å². The maximum Gasteiger partial charge on any atom is 0.243 e. The van der Waals surface area contributed by atoms with Crippen LogP contribution in [0.2, 0.25) is 0 Å². The lowest BCUT2D eigenvalue weighted by Gasteiger charge is -2.18. The van der Waals surface area contributed by atoms with Gasteiger partial charge in [-0.15, -0.1) is 24.0 Å². The zero-order valence-corrected chi connectivity index (χ0v) is 18.8. The number of likely N-dealkylation sites (N-methyl/N-ethyl adjacent to an activating group) is 1. The van der Waals surface area contributed by atoms with Crippen LogP contribution >= 0.6 is 24.0 Å². The van der Waals surface area contributed by atoms with E-state index in [9.17, 15) is 13.2 Å². The highest BCUT2D eigenvalue weighted by molar-refractivity contribution is 14.0. The minimum absolute atomic E-state index is 0. The highest BCUT2D eigenvalue weighted by atomic mass is 127. The van der Waals surface area contributed by atoms with E-state index in [0.29, 0.717) is 25.3 Å². The van der Waals surface area contributed by atoms with Crippen LogP contribution in [0.3, 0.4) is 0 Å². The molecule has 0 spiro atoms. The predicted molar refractivity (Wildman–Crippen MR) is 114 cm³/mol. The quantitative estimate of drug-likeness (QED) is 0.297. The highest BCUT2D eigenvalue weighted by Crippen LogP contribution is 2.00. The number of sulfone groups is 1. The molecule has 1 rings (SSSR count). The molecule has 0 aliphatic rings. The van der Waals surface area contributed by atoms with Gasteiger partial charge in [0.05, 0.1) is 12.0 Å². The van der Waals surface area contributed by atoms with Crippen molar-refractivity contribution in [3.05, 3.63) is 24.2 Å². The van der Waals surface area contributed by atoms with Crippen molar-refractivity contribution < 1.29 is 17.6 Å². The van der Waals surface area contributed by atoms with Crippen molar-refractivity contribution in [1.29, 1.82) is 0 Å². The van der Waals surface area contributed by atoms with Gasteiger partial charge < -0.3 is 20.0 Å². The van der Waals surface area contributed by atoms with Gasteiger partial charge in [0.2, 0.25) is 5.91 Å². The molecule has 0 aliphatic carbocycles. The molecular weight excluding hydrogens is 471 g/mol. The van der Waals surface area contributed by atoms with E-state index in [-0.39, 0.29) is 48.2 Å². The molecule has 1 aromatic heterocycles. The fraction of sp³-hybridized carbons (Fsp3) is 0.625. The Balaban J connectivity index is 0.00000625. The van der Waals surface area contributed by atoms with Crippen molar-refractivity contribution in [3.8, 4) is 0 Å². The van der Waals surface area contributed by atoms with Gasteiger partial charge >= 0.3 is 0 Å². The van der Waals surface area contributed by atoms with Crippen LogP contribution in [0.1, 0.15) is 19.1 Å². The van der Waals surface area contributed by atoms with Gasteiger partial charge in [-0.05, 0) is 25.5 Å². The normalized spacial score (nSPS) is 12.8. The van der Waals surface area contributed by atoms with Crippen molar-refractivity contribution in [3.63, 3.8) is 0 Å². The van der Waals surface area contributed by atoms with Crippen molar-refractivity contribution >= 4 is 45.7 Å². The fourth-order valence-electron chi connectivity index (χ4n) is 1.90. The number of carbonyl (C=O) groups excluding carboxylic acids is 1. The largest absolute Gasteiger partial charge is 0.469 e. The van der Waals surface area contributed by atoms with Crippen LogP contribution < -0.4 is 10.6 Å². The third-order valence-electron chi connectivity index (χ3n) is 3.42. The zero-order chi connectivity index (χ0) is 18.9. The molecule has 2 N–H and O–H groups in total. The standard InChI is InChI=1S/C16H28N4O4S.HI/c1-13(8-11-25(4,22)23)19-16(18-12-15(21)20(2)3)17-9-7-14-6-5-10-24-14;/h5-6,10,13H,7-9,11-12H2,1-4H3,(H2,17,18,19);1H. The molecule has 1 heterocycles. The Morgan fingerprint density at radius 1 is 1.38 bits per heavy atom. The summed E-state index contributed by atoms with van der Waals surface area (Å²) in [5, 5.41) is 6.28. The third-order valence-corrected chi connectivity index (χ3v) is 4.40. The summed E-state index contributed by atoms with van der Waals surface area (Å²) in [7, 11) is 0.329. The van der Waals surface area contributed by atoms with Crippen LogP contribution in [0.25, 0.3) is 0 Å². The molecule has 0 saturated heterocycles. The Morgan fingerprint density at radius 2 is 2.08 bits per heavy atom. The van der Waals surface area contributed by atoms with Crippen LogP contribution in [-0.4, -0.2) is 70.4 Å². The van der Waals surface area contributed by atoms with E-state index in [4.69, 9.17) is 4.42 Å². The highest BCUT2D eigenvalue weighted by Gasteiger charge is 2.11. The molecule has 1 unspecified atom stereocenters. The number of nitrogens with one attached hydrogen (secondary N) is 2. The molecule has 1 aromatic rings. The van der Waals surface area contributed by atoms with E-state index >= 15 is 0 Å². The lowest BCUT2D eigenvalue weighted by molar-refractivity contribution is -0.127. The molecule has 0 bridgehead atoms. The Kier molecular flexibility index (Phi) is 11.5. The predicted octanol–water partition coefficient (Wildman–Crippen LogP) is 0.887. The number of hydrogen-bond acceptors (Lipinski definition) is 5. The SMILES string of the molecule is CC(CCS(C)(=O)=O)NC(=NCC(=O)N(C)C)NCCc1ccco1.I. The summed E-state index contributed by atoms with van der Waals surface area (Å²) in [5.41, 5.74) is 0. The number of carbonyl (C=O) groups is 1. The molecule has 26 heavy (non-hydrogen) atoms. The lowest BCUT2D eigenvalue weighted by Crippen LogP contribution is -2.44. The first-order valence-electron chi connectivity index (χ1n) is 8.12.